The molecule has 1 aromatic heterocycles. The quantitative estimate of drug-likeness (QED) is 0.334. The third-order valence-corrected chi connectivity index (χ3v) is 5.20. The molecule has 3 aromatic rings. The van der Waals surface area contributed by atoms with Crippen molar-refractivity contribution >= 4 is 33.7 Å². The predicted octanol–water partition coefficient (Wildman–Crippen LogP) is 3.90. The monoisotopic (exact) mass is 450 g/mol. The summed E-state index contributed by atoms with van der Waals surface area (Å²) in [6, 6.07) is 17.3. The first-order valence-electron chi connectivity index (χ1n) is 8.91. The van der Waals surface area contributed by atoms with Gasteiger partial charge in [0.15, 0.2) is 5.75 Å². The first-order chi connectivity index (χ1) is 14.0. The van der Waals surface area contributed by atoms with Crippen molar-refractivity contribution in [3.8, 4) is 5.75 Å². The van der Waals surface area contributed by atoms with Crippen molar-refractivity contribution in [3.05, 3.63) is 93.7 Å². The van der Waals surface area contributed by atoms with E-state index >= 15 is 0 Å². The first-order valence-corrected chi connectivity index (χ1v) is 9.71. The molecular weight excluding hydrogens is 436 g/mol. The Morgan fingerprint density at radius 3 is 2.48 bits per heavy atom. The number of fused-ring (bicyclic) bond motifs is 1. The van der Waals surface area contributed by atoms with Crippen LogP contribution in [-0.4, -0.2) is 34.2 Å². The largest absolute Gasteiger partial charge is 0.420 e. The van der Waals surface area contributed by atoms with Gasteiger partial charge in [-0.25, -0.2) is 9.78 Å². The number of benzene rings is 2. The topological polar surface area (TPSA) is 76.6 Å². The molecule has 29 heavy (non-hydrogen) atoms. The fraction of sp³-hybridized carbons (Fsp3) is 0.0909. The summed E-state index contributed by atoms with van der Waals surface area (Å²) < 4.78 is 5.72. The van der Waals surface area contributed by atoms with Crippen LogP contribution < -0.4 is 4.74 Å². The number of pyridine rings is 1. The number of carbonyl (C=O) groups excluding carboxylic acids is 3. The van der Waals surface area contributed by atoms with E-state index in [-0.39, 0.29) is 29.3 Å². The van der Waals surface area contributed by atoms with Crippen LogP contribution >= 0.6 is 15.9 Å². The summed E-state index contributed by atoms with van der Waals surface area (Å²) in [5.41, 5.74) is 1.73. The standard InChI is InChI=1S/C22H15BrN2O4/c23-19-18(7-4-11-24-19)29-22(28)15-8-9-16-17(13-15)21(27)25(20(16)26)12-10-14-5-2-1-3-6-14/h1-9,11,13H,10,12H2. The Hall–Kier alpha value is -3.32. The van der Waals surface area contributed by atoms with Gasteiger partial charge in [-0.15, -0.1) is 0 Å². The summed E-state index contributed by atoms with van der Waals surface area (Å²) in [7, 11) is 0. The zero-order valence-corrected chi connectivity index (χ0v) is 16.8. The average Bonchev–Trinajstić information content (AvgIpc) is 2.98. The molecule has 6 nitrogen and oxygen atoms in total. The van der Waals surface area contributed by atoms with Crippen LogP contribution in [0.4, 0.5) is 0 Å². The maximum Gasteiger partial charge on any atom is 0.343 e. The van der Waals surface area contributed by atoms with Crippen molar-refractivity contribution in [2.45, 2.75) is 6.42 Å². The van der Waals surface area contributed by atoms with E-state index in [1.807, 2.05) is 30.3 Å². The van der Waals surface area contributed by atoms with Crippen LogP contribution in [0.3, 0.4) is 0 Å². The number of ether oxygens (including phenoxy) is 1. The molecule has 0 N–H and O–H groups in total. The average molecular weight is 451 g/mol. The normalized spacial score (nSPS) is 12.8. The van der Waals surface area contributed by atoms with E-state index in [0.717, 1.165) is 5.56 Å². The third-order valence-electron chi connectivity index (χ3n) is 4.60. The summed E-state index contributed by atoms with van der Waals surface area (Å²) in [4.78, 5) is 43.0. The van der Waals surface area contributed by atoms with E-state index in [1.165, 1.54) is 23.1 Å². The molecule has 0 saturated heterocycles. The number of nitrogens with zero attached hydrogens (tertiary/aromatic N) is 2. The fourth-order valence-electron chi connectivity index (χ4n) is 3.11. The molecule has 1 aliphatic rings. The zero-order valence-electron chi connectivity index (χ0n) is 15.2. The molecule has 0 radical (unpaired) electrons. The van der Waals surface area contributed by atoms with Crippen LogP contribution in [0.25, 0.3) is 0 Å². The van der Waals surface area contributed by atoms with Crippen molar-refractivity contribution in [3.63, 3.8) is 0 Å². The van der Waals surface area contributed by atoms with E-state index in [9.17, 15) is 14.4 Å². The van der Waals surface area contributed by atoms with Gasteiger partial charge >= 0.3 is 5.97 Å². The molecular formula is C22H15BrN2O4. The lowest BCUT2D eigenvalue weighted by atomic mass is 10.1. The Kier molecular flexibility index (Phi) is 5.22. The Morgan fingerprint density at radius 2 is 1.72 bits per heavy atom. The number of hydrogen-bond donors (Lipinski definition) is 0. The Morgan fingerprint density at radius 1 is 0.966 bits per heavy atom. The molecule has 0 spiro atoms. The van der Waals surface area contributed by atoms with E-state index in [1.54, 1.807) is 18.3 Å². The Balaban J connectivity index is 1.52. The third kappa shape index (κ3) is 3.82. The molecule has 0 saturated carbocycles. The fourth-order valence-corrected chi connectivity index (χ4v) is 3.44. The highest BCUT2D eigenvalue weighted by molar-refractivity contribution is 9.10. The number of carbonyl (C=O) groups is 3. The predicted molar refractivity (Wildman–Crippen MR) is 109 cm³/mol. The molecule has 2 aromatic carbocycles. The molecule has 4 rings (SSSR count). The van der Waals surface area contributed by atoms with Gasteiger partial charge in [-0.3, -0.25) is 14.5 Å². The lowest BCUT2D eigenvalue weighted by molar-refractivity contribution is 0.0655. The van der Waals surface area contributed by atoms with Gasteiger partial charge < -0.3 is 4.74 Å². The molecule has 0 bridgehead atoms. The Labute approximate surface area is 175 Å². The zero-order chi connectivity index (χ0) is 20.4. The van der Waals surface area contributed by atoms with Gasteiger partial charge in [-0.1, -0.05) is 30.3 Å². The van der Waals surface area contributed by atoms with Crippen molar-refractivity contribution in [1.29, 1.82) is 0 Å². The molecule has 0 unspecified atom stereocenters. The summed E-state index contributed by atoms with van der Waals surface area (Å²) in [6.45, 7) is 0.277. The lowest BCUT2D eigenvalue weighted by Crippen LogP contribution is -2.31. The van der Waals surface area contributed by atoms with Crippen LogP contribution in [0.5, 0.6) is 5.75 Å². The number of aromatic nitrogens is 1. The number of hydrogen-bond acceptors (Lipinski definition) is 5. The molecule has 0 fully saturated rings. The van der Waals surface area contributed by atoms with Gasteiger partial charge in [0.05, 0.1) is 16.7 Å². The van der Waals surface area contributed by atoms with E-state index in [2.05, 4.69) is 20.9 Å². The number of rotatable bonds is 5. The maximum atomic E-state index is 12.8. The second-order valence-corrected chi connectivity index (χ2v) is 7.19. The second-order valence-electron chi connectivity index (χ2n) is 6.44. The van der Waals surface area contributed by atoms with Crippen LogP contribution in [0.15, 0.2) is 71.5 Å². The van der Waals surface area contributed by atoms with Crippen LogP contribution in [-0.2, 0) is 6.42 Å². The van der Waals surface area contributed by atoms with E-state index < -0.39 is 11.9 Å². The number of esters is 1. The summed E-state index contributed by atoms with van der Waals surface area (Å²) >= 11 is 3.22. The summed E-state index contributed by atoms with van der Waals surface area (Å²) in [5, 5.41) is 0. The van der Waals surface area contributed by atoms with Gasteiger partial charge in [-0.2, -0.15) is 0 Å². The van der Waals surface area contributed by atoms with Gasteiger partial charge in [-0.05, 0) is 58.2 Å². The van der Waals surface area contributed by atoms with Gasteiger partial charge in [0.25, 0.3) is 11.8 Å². The van der Waals surface area contributed by atoms with Gasteiger partial charge in [0, 0.05) is 12.7 Å². The minimum atomic E-state index is -0.635. The molecule has 7 heteroatoms. The molecule has 0 atom stereocenters. The highest BCUT2D eigenvalue weighted by Crippen LogP contribution is 2.26. The number of imide groups is 1. The molecule has 2 amide bonds. The smallest absolute Gasteiger partial charge is 0.343 e. The van der Waals surface area contributed by atoms with E-state index in [4.69, 9.17) is 4.74 Å². The van der Waals surface area contributed by atoms with Gasteiger partial charge in [0.1, 0.15) is 4.60 Å². The van der Waals surface area contributed by atoms with Crippen molar-refractivity contribution in [2.75, 3.05) is 6.54 Å². The first kappa shape index (κ1) is 19.0. The van der Waals surface area contributed by atoms with Crippen molar-refractivity contribution in [2.24, 2.45) is 0 Å². The minimum absolute atomic E-state index is 0.186. The summed E-state index contributed by atoms with van der Waals surface area (Å²) in [6.07, 6.45) is 2.13. The maximum absolute atomic E-state index is 12.8. The highest BCUT2D eigenvalue weighted by Gasteiger charge is 2.35. The minimum Gasteiger partial charge on any atom is -0.420 e. The van der Waals surface area contributed by atoms with Crippen molar-refractivity contribution < 1.29 is 19.1 Å². The highest BCUT2D eigenvalue weighted by atomic mass is 79.9. The van der Waals surface area contributed by atoms with E-state index in [0.29, 0.717) is 16.6 Å². The molecule has 144 valence electrons. The SMILES string of the molecule is O=C(Oc1cccnc1Br)c1ccc2c(c1)C(=O)N(CCc1ccccc1)C2=O. The van der Waals surface area contributed by atoms with Crippen molar-refractivity contribution in [1.82, 2.24) is 9.88 Å². The molecule has 1 aliphatic heterocycles. The number of amides is 2. The van der Waals surface area contributed by atoms with Crippen LogP contribution in [0.1, 0.15) is 36.6 Å². The summed E-state index contributed by atoms with van der Waals surface area (Å²) in [5.74, 6) is -1.12. The lowest BCUT2D eigenvalue weighted by Gasteiger charge is -2.13. The molecule has 2 heterocycles. The Bertz CT molecular complexity index is 1110. The van der Waals surface area contributed by atoms with Crippen LogP contribution in [0, 0.1) is 0 Å². The van der Waals surface area contributed by atoms with Gasteiger partial charge in [0.2, 0.25) is 0 Å². The number of halogens is 1. The second kappa shape index (κ2) is 7.97. The van der Waals surface area contributed by atoms with Crippen LogP contribution in [0.2, 0.25) is 0 Å². The molecule has 0 aliphatic carbocycles.